The lowest BCUT2D eigenvalue weighted by molar-refractivity contribution is -0.133. The van der Waals surface area contributed by atoms with E-state index in [9.17, 15) is 22.0 Å². The van der Waals surface area contributed by atoms with Crippen molar-refractivity contribution in [1.29, 1.82) is 5.26 Å². The Kier molecular flexibility index (Phi) is 7.33. The third-order valence-corrected chi connectivity index (χ3v) is 7.34. The van der Waals surface area contributed by atoms with Crippen molar-refractivity contribution < 1.29 is 22.0 Å². The molecule has 10 heteroatoms. The highest BCUT2D eigenvalue weighted by Crippen LogP contribution is 2.28. The summed E-state index contributed by atoms with van der Waals surface area (Å²) in [5.41, 5.74) is 6.30. The fraction of sp³-hybridized carbons (Fsp3) is 0.529. The number of sulfone groups is 1. The Bertz CT molecular complexity index is 825. The summed E-state index contributed by atoms with van der Waals surface area (Å²) in [7, 11) is -3.91. The predicted octanol–water partition coefficient (Wildman–Crippen LogP) is 1.73. The van der Waals surface area contributed by atoms with Crippen molar-refractivity contribution in [3.8, 4) is 6.07 Å². The third-order valence-electron chi connectivity index (χ3n) is 4.77. The Morgan fingerprint density at radius 2 is 1.96 bits per heavy atom. The zero-order chi connectivity index (χ0) is 19.7. The molecular weight excluding hydrogens is 400 g/mol. The Morgan fingerprint density at radius 3 is 2.48 bits per heavy atom. The fourth-order valence-corrected chi connectivity index (χ4v) is 4.30. The summed E-state index contributed by atoms with van der Waals surface area (Å²) in [6, 6.07) is 4.39. The van der Waals surface area contributed by atoms with E-state index in [1.165, 1.54) is 26.0 Å². The molecule has 1 fully saturated rings. The molecule has 0 unspecified atom stereocenters. The molecule has 2 N–H and O–H groups in total. The van der Waals surface area contributed by atoms with E-state index in [1.54, 1.807) is 0 Å². The second-order valence-corrected chi connectivity index (χ2v) is 9.51. The van der Waals surface area contributed by atoms with Gasteiger partial charge in [-0.05, 0) is 31.5 Å². The Balaban J connectivity index is 0.00000364. The molecular formula is C17H22ClF2N3O3S. The van der Waals surface area contributed by atoms with Crippen LogP contribution >= 0.6 is 12.4 Å². The van der Waals surface area contributed by atoms with Gasteiger partial charge in [-0.3, -0.25) is 4.79 Å². The number of likely N-dealkylation sites (tertiary alicyclic amines) is 1. The molecule has 1 aliphatic rings. The summed E-state index contributed by atoms with van der Waals surface area (Å²) in [4.78, 5) is 13.6. The van der Waals surface area contributed by atoms with Crippen LogP contribution in [0.15, 0.2) is 24.3 Å². The maximum absolute atomic E-state index is 13.6. The number of alkyl halides is 1. The standard InChI is InChI=1S/C17H21F2N3O3S.ClH/c1-17(2,26(24,25)10-11-3-5-12(18)6-4-11)15(21)16(23)22-9-13(19)7-14(22)8-20;/h3-6,13-15H,7,9-10,21H2,1-2H3;1H/t13-,14-,15+;/m0./s1. The average molecular weight is 422 g/mol. The first-order chi connectivity index (χ1) is 12.0. The molecule has 27 heavy (non-hydrogen) atoms. The SMILES string of the molecule is CC(C)([C@H](N)C(=O)N1C[C@@H](F)C[C@H]1C#N)S(=O)(=O)Cc1ccc(F)cc1.Cl. The first-order valence-corrected chi connectivity index (χ1v) is 9.71. The highest BCUT2D eigenvalue weighted by atomic mass is 35.5. The molecule has 1 saturated heterocycles. The van der Waals surface area contributed by atoms with E-state index in [1.807, 2.05) is 6.07 Å². The van der Waals surface area contributed by atoms with E-state index >= 15 is 0 Å². The highest BCUT2D eigenvalue weighted by Gasteiger charge is 2.47. The van der Waals surface area contributed by atoms with Crippen molar-refractivity contribution in [3.05, 3.63) is 35.6 Å². The lowest BCUT2D eigenvalue weighted by atomic mass is 10.0. The molecule has 150 valence electrons. The van der Waals surface area contributed by atoms with Crippen LogP contribution in [0.1, 0.15) is 25.8 Å². The number of halogens is 3. The quantitative estimate of drug-likeness (QED) is 0.779. The van der Waals surface area contributed by atoms with Gasteiger partial charge >= 0.3 is 0 Å². The van der Waals surface area contributed by atoms with E-state index in [0.717, 1.165) is 17.0 Å². The van der Waals surface area contributed by atoms with Gasteiger partial charge in [-0.2, -0.15) is 5.26 Å². The summed E-state index contributed by atoms with van der Waals surface area (Å²) < 4.78 is 50.5. The van der Waals surface area contributed by atoms with Gasteiger partial charge in [0.25, 0.3) is 0 Å². The van der Waals surface area contributed by atoms with Gasteiger partial charge in [-0.1, -0.05) is 12.1 Å². The summed E-state index contributed by atoms with van der Waals surface area (Å²) in [6.45, 7) is 2.36. The Morgan fingerprint density at radius 1 is 1.41 bits per heavy atom. The van der Waals surface area contributed by atoms with Crippen molar-refractivity contribution in [2.24, 2.45) is 5.73 Å². The van der Waals surface area contributed by atoms with Crippen molar-refractivity contribution in [2.75, 3.05) is 6.54 Å². The molecule has 0 aliphatic carbocycles. The van der Waals surface area contributed by atoms with Gasteiger partial charge in [0.1, 0.15) is 24.1 Å². The number of hydrogen-bond donors (Lipinski definition) is 1. The number of carbonyl (C=O) groups is 1. The number of nitrogens with zero attached hydrogens (tertiary/aromatic N) is 2. The Labute approximate surface area is 163 Å². The second-order valence-electron chi connectivity index (χ2n) is 6.94. The van der Waals surface area contributed by atoms with E-state index in [0.29, 0.717) is 5.56 Å². The Hall–Kier alpha value is -1.76. The molecule has 6 nitrogen and oxygen atoms in total. The van der Waals surface area contributed by atoms with Crippen LogP contribution in [0, 0.1) is 17.1 Å². The number of rotatable bonds is 5. The predicted molar refractivity (Wildman–Crippen MR) is 99.0 cm³/mol. The van der Waals surface area contributed by atoms with Crippen LogP contribution in [0.4, 0.5) is 8.78 Å². The zero-order valence-corrected chi connectivity index (χ0v) is 16.6. The smallest absolute Gasteiger partial charge is 0.242 e. The largest absolute Gasteiger partial charge is 0.322 e. The first-order valence-electron chi connectivity index (χ1n) is 8.06. The van der Waals surface area contributed by atoms with Crippen molar-refractivity contribution >= 4 is 28.2 Å². The molecule has 1 aromatic carbocycles. The van der Waals surface area contributed by atoms with Crippen LogP contribution in [0.25, 0.3) is 0 Å². The molecule has 1 aromatic rings. The van der Waals surface area contributed by atoms with Crippen molar-refractivity contribution in [3.63, 3.8) is 0 Å². The van der Waals surface area contributed by atoms with Crippen LogP contribution in [-0.2, 0) is 20.4 Å². The topological polar surface area (TPSA) is 104 Å². The lowest BCUT2D eigenvalue weighted by Crippen LogP contribution is -2.59. The number of benzene rings is 1. The summed E-state index contributed by atoms with van der Waals surface area (Å²) in [5, 5.41) is 9.06. The molecule has 1 amide bonds. The summed E-state index contributed by atoms with van der Waals surface area (Å²) >= 11 is 0. The van der Waals surface area contributed by atoms with Gasteiger partial charge in [-0.15, -0.1) is 12.4 Å². The van der Waals surface area contributed by atoms with Gasteiger partial charge in [0.2, 0.25) is 5.91 Å². The van der Waals surface area contributed by atoms with Crippen LogP contribution < -0.4 is 5.73 Å². The zero-order valence-electron chi connectivity index (χ0n) is 14.9. The van der Waals surface area contributed by atoms with E-state index in [-0.39, 0.29) is 25.4 Å². The fourth-order valence-electron chi connectivity index (χ4n) is 2.81. The number of nitrogens with two attached hydrogens (primary N) is 1. The molecule has 1 heterocycles. The molecule has 0 aromatic heterocycles. The summed E-state index contributed by atoms with van der Waals surface area (Å²) in [5.74, 6) is -1.69. The number of hydrogen-bond acceptors (Lipinski definition) is 5. The molecule has 0 bridgehead atoms. The molecule has 3 atom stereocenters. The maximum Gasteiger partial charge on any atom is 0.242 e. The number of amides is 1. The second kappa shape index (κ2) is 8.50. The van der Waals surface area contributed by atoms with E-state index in [4.69, 9.17) is 11.0 Å². The minimum atomic E-state index is -3.91. The van der Waals surface area contributed by atoms with Gasteiger partial charge in [0.05, 0.1) is 23.1 Å². The molecule has 2 rings (SSSR count). The lowest BCUT2D eigenvalue weighted by Gasteiger charge is -2.33. The van der Waals surface area contributed by atoms with Crippen molar-refractivity contribution in [2.45, 2.75) is 49.0 Å². The normalized spacial score (nSPS) is 21.3. The van der Waals surface area contributed by atoms with Gasteiger partial charge in [0.15, 0.2) is 9.84 Å². The van der Waals surface area contributed by atoms with E-state index < -0.39 is 50.3 Å². The maximum atomic E-state index is 13.6. The van der Waals surface area contributed by atoms with E-state index in [2.05, 4.69) is 0 Å². The van der Waals surface area contributed by atoms with Gasteiger partial charge in [-0.25, -0.2) is 17.2 Å². The van der Waals surface area contributed by atoms with Crippen LogP contribution in [-0.4, -0.2) is 48.8 Å². The van der Waals surface area contributed by atoms with Crippen LogP contribution in [0.3, 0.4) is 0 Å². The number of nitriles is 1. The van der Waals surface area contributed by atoms with Crippen LogP contribution in [0.5, 0.6) is 0 Å². The molecule has 0 spiro atoms. The van der Waals surface area contributed by atoms with Gasteiger partial charge < -0.3 is 10.6 Å². The average Bonchev–Trinajstić information content (AvgIpc) is 2.96. The number of carbonyl (C=O) groups excluding carboxylic acids is 1. The summed E-state index contributed by atoms with van der Waals surface area (Å²) in [6.07, 6.45) is -1.45. The first kappa shape index (κ1) is 23.3. The molecule has 1 aliphatic heterocycles. The molecule has 0 radical (unpaired) electrons. The van der Waals surface area contributed by atoms with Crippen LogP contribution in [0.2, 0.25) is 0 Å². The van der Waals surface area contributed by atoms with Crippen molar-refractivity contribution in [1.82, 2.24) is 4.90 Å². The minimum absolute atomic E-state index is 0. The minimum Gasteiger partial charge on any atom is -0.322 e. The highest BCUT2D eigenvalue weighted by molar-refractivity contribution is 7.92. The van der Waals surface area contributed by atoms with Gasteiger partial charge in [0, 0.05) is 6.42 Å². The monoisotopic (exact) mass is 421 g/mol. The third kappa shape index (κ3) is 4.75. The molecule has 0 saturated carbocycles.